The van der Waals surface area contributed by atoms with Crippen LogP contribution in [0.1, 0.15) is 53.8 Å². The van der Waals surface area contributed by atoms with Gasteiger partial charge in [0.2, 0.25) is 5.95 Å². The van der Waals surface area contributed by atoms with E-state index in [4.69, 9.17) is 10.5 Å². The van der Waals surface area contributed by atoms with Gasteiger partial charge in [-0.05, 0) is 38.5 Å². The second kappa shape index (κ2) is 6.16. The average Bonchev–Trinajstić information content (AvgIpc) is 2.84. The molecule has 2 fully saturated rings. The number of amides is 2. The Kier molecular flexibility index (Phi) is 3.97. The molecule has 1 unspecified atom stereocenters. The molecule has 1 aromatic heterocycles. The summed E-state index contributed by atoms with van der Waals surface area (Å²) in [4.78, 5) is 34.9. The second-order valence-electron chi connectivity index (χ2n) is 7.13. The van der Waals surface area contributed by atoms with E-state index in [1.54, 1.807) is 0 Å². The van der Waals surface area contributed by atoms with Crippen molar-refractivity contribution < 1.29 is 14.3 Å². The first kappa shape index (κ1) is 16.1. The molecule has 2 amide bonds. The summed E-state index contributed by atoms with van der Waals surface area (Å²) in [5, 5.41) is 2.73. The van der Waals surface area contributed by atoms with Crippen LogP contribution in [0.25, 0.3) is 0 Å². The summed E-state index contributed by atoms with van der Waals surface area (Å²) < 4.78 is 5.48. The highest BCUT2D eigenvalue weighted by atomic mass is 16.6. The van der Waals surface area contributed by atoms with Gasteiger partial charge in [0.05, 0.1) is 6.54 Å². The van der Waals surface area contributed by atoms with Gasteiger partial charge in [0.25, 0.3) is 5.91 Å². The number of hydrogen-bond donors (Lipinski definition) is 2. The van der Waals surface area contributed by atoms with Gasteiger partial charge in [-0.1, -0.05) is 0 Å². The zero-order valence-corrected chi connectivity index (χ0v) is 14.2. The summed E-state index contributed by atoms with van der Waals surface area (Å²) in [5.41, 5.74) is 7.69. The minimum Gasteiger partial charge on any atom is -0.441 e. The highest BCUT2D eigenvalue weighted by molar-refractivity contribution is 5.94. The number of nitrogens with two attached hydrogens (primary N) is 1. The molecule has 134 valence electrons. The predicted molar refractivity (Wildman–Crippen MR) is 90.1 cm³/mol. The van der Waals surface area contributed by atoms with Crippen LogP contribution in [0.2, 0.25) is 0 Å². The van der Waals surface area contributed by atoms with Crippen molar-refractivity contribution in [3.8, 4) is 0 Å². The number of carbonyl (C=O) groups excluding carboxylic acids is 2. The first-order valence-electron chi connectivity index (χ1n) is 8.98. The van der Waals surface area contributed by atoms with Crippen LogP contribution >= 0.6 is 0 Å². The third kappa shape index (κ3) is 3.01. The van der Waals surface area contributed by atoms with Crippen LogP contribution in [0.5, 0.6) is 0 Å². The van der Waals surface area contributed by atoms with E-state index >= 15 is 0 Å². The van der Waals surface area contributed by atoms with Crippen LogP contribution in [-0.4, -0.2) is 52.1 Å². The van der Waals surface area contributed by atoms with E-state index in [0.717, 1.165) is 49.8 Å². The second-order valence-corrected chi connectivity index (χ2v) is 7.13. The summed E-state index contributed by atoms with van der Waals surface area (Å²) in [7, 11) is 0. The largest absolute Gasteiger partial charge is 0.441 e. The van der Waals surface area contributed by atoms with Gasteiger partial charge in [0.15, 0.2) is 0 Å². The Morgan fingerprint density at radius 1 is 1.16 bits per heavy atom. The Hall–Kier alpha value is -2.38. The molecule has 3 N–H and O–H groups in total. The van der Waals surface area contributed by atoms with Gasteiger partial charge < -0.3 is 20.7 Å². The molecule has 8 heteroatoms. The molecular formula is C17H23N5O3. The third-order valence-corrected chi connectivity index (χ3v) is 5.45. The lowest BCUT2D eigenvalue weighted by Gasteiger charge is -2.26. The number of ether oxygens (including phenoxy) is 1. The smallest absolute Gasteiger partial charge is 0.407 e. The quantitative estimate of drug-likeness (QED) is 0.787. The van der Waals surface area contributed by atoms with Crippen molar-refractivity contribution in [3.05, 3.63) is 17.0 Å². The molecule has 1 atom stereocenters. The van der Waals surface area contributed by atoms with E-state index in [1.165, 1.54) is 0 Å². The molecular weight excluding hydrogens is 322 g/mol. The lowest BCUT2D eigenvalue weighted by molar-refractivity contribution is 0.0438. The number of nitrogen functional groups attached to an aromatic ring is 1. The fourth-order valence-electron chi connectivity index (χ4n) is 4.09. The Balaban J connectivity index is 1.55. The molecule has 25 heavy (non-hydrogen) atoms. The molecule has 0 aromatic carbocycles. The molecule has 1 aromatic rings. The van der Waals surface area contributed by atoms with Crippen molar-refractivity contribution in [2.45, 2.75) is 50.5 Å². The lowest BCUT2D eigenvalue weighted by atomic mass is 9.94. The Morgan fingerprint density at radius 2 is 2.00 bits per heavy atom. The maximum Gasteiger partial charge on any atom is 0.407 e. The first-order chi connectivity index (χ1) is 12.1. The van der Waals surface area contributed by atoms with E-state index in [1.807, 2.05) is 4.90 Å². The topological polar surface area (TPSA) is 110 Å². The zero-order chi connectivity index (χ0) is 17.4. The Morgan fingerprint density at radius 3 is 2.80 bits per heavy atom. The van der Waals surface area contributed by atoms with Gasteiger partial charge in [-0.2, -0.15) is 0 Å². The molecule has 4 rings (SSSR count). The highest BCUT2D eigenvalue weighted by Crippen LogP contribution is 2.30. The van der Waals surface area contributed by atoms with Crippen LogP contribution in [0, 0.1) is 0 Å². The minimum absolute atomic E-state index is 0.0819. The van der Waals surface area contributed by atoms with E-state index in [9.17, 15) is 9.59 Å². The maximum atomic E-state index is 13.1. The molecule has 2 saturated heterocycles. The standard InChI is InChI=1S/C17H23N5O3/c18-15-20-12-5-2-1-4-11(12)13(21-15)14(23)22-8-3-6-17(7-9-22)10-19-16(24)25-17/h1-10H2,(H,19,24)(H2,18,20,21). The number of hydrogen-bond acceptors (Lipinski definition) is 6. The van der Waals surface area contributed by atoms with Crippen molar-refractivity contribution in [1.82, 2.24) is 20.2 Å². The minimum atomic E-state index is -0.476. The number of alkyl carbamates (subject to hydrolysis) is 1. The van der Waals surface area contributed by atoms with Gasteiger partial charge in [-0.3, -0.25) is 4.79 Å². The van der Waals surface area contributed by atoms with E-state index in [-0.39, 0.29) is 17.9 Å². The normalized spacial score (nSPS) is 25.9. The van der Waals surface area contributed by atoms with E-state index in [2.05, 4.69) is 15.3 Å². The number of anilines is 1. The maximum absolute atomic E-state index is 13.1. The van der Waals surface area contributed by atoms with Gasteiger partial charge in [0, 0.05) is 30.8 Å². The molecule has 0 saturated carbocycles. The van der Waals surface area contributed by atoms with Gasteiger partial charge in [-0.25, -0.2) is 14.8 Å². The van der Waals surface area contributed by atoms with Crippen LogP contribution in [0.4, 0.5) is 10.7 Å². The predicted octanol–water partition coefficient (Wildman–Crippen LogP) is 1.04. The fraction of sp³-hybridized carbons (Fsp3) is 0.647. The number of carbonyl (C=O) groups is 2. The number of nitrogens with zero attached hydrogens (tertiary/aromatic N) is 3. The molecule has 8 nitrogen and oxygen atoms in total. The van der Waals surface area contributed by atoms with E-state index < -0.39 is 5.60 Å². The van der Waals surface area contributed by atoms with Crippen molar-refractivity contribution >= 4 is 17.9 Å². The molecule has 0 radical (unpaired) electrons. The Bertz CT molecular complexity index is 722. The monoisotopic (exact) mass is 345 g/mol. The highest BCUT2D eigenvalue weighted by Gasteiger charge is 2.42. The summed E-state index contributed by atoms with van der Waals surface area (Å²) >= 11 is 0. The zero-order valence-electron chi connectivity index (χ0n) is 14.2. The number of rotatable bonds is 1. The van der Waals surface area contributed by atoms with Crippen molar-refractivity contribution in [1.29, 1.82) is 0 Å². The van der Waals surface area contributed by atoms with Crippen LogP contribution in [0.3, 0.4) is 0 Å². The average molecular weight is 345 g/mol. The molecule has 2 aliphatic heterocycles. The van der Waals surface area contributed by atoms with Gasteiger partial charge >= 0.3 is 6.09 Å². The summed E-state index contributed by atoms with van der Waals surface area (Å²) in [5.74, 6) is 0.0887. The molecule has 1 aliphatic carbocycles. The van der Waals surface area contributed by atoms with Crippen molar-refractivity contribution in [3.63, 3.8) is 0 Å². The lowest BCUT2D eigenvalue weighted by Crippen LogP contribution is -2.37. The van der Waals surface area contributed by atoms with Crippen molar-refractivity contribution in [2.75, 3.05) is 25.4 Å². The fourth-order valence-corrected chi connectivity index (χ4v) is 4.09. The van der Waals surface area contributed by atoms with Crippen LogP contribution in [-0.2, 0) is 17.6 Å². The van der Waals surface area contributed by atoms with Crippen LogP contribution < -0.4 is 11.1 Å². The number of nitrogens with one attached hydrogen (secondary N) is 1. The number of aryl methyl sites for hydroxylation is 1. The summed E-state index contributed by atoms with van der Waals surface area (Å²) in [6, 6.07) is 0. The number of likely N-dealkylation sites (tertiary alicyclic amines) is 1. The molecule has 3 heterocycles. The Labute approximate surface area is 146 Å². The van der Waals surface area contributed by atoms with E-state index in [0.29, 0.717) is 31.7 Å². The summed E-state index contributed by atoms with van der Waals surface area (Å²) in [6.07, 6.45) is 5.64. The summed E-state index contributed by atoms with van der Waals surface area (Å²) in [6.45, 7) is 1.70. The van der Waals surface area contributed by atoms with Crippen molar-refractivity contribution in [2.24, 2.45) is 0 Å². The SMILES string of the molecule is Nc1nc2c(c(C(=O)N3CCCC4(CC3)CNC(=O)O4)n1)CCCC2. The van der Waals surface area contributed by atoms with Crippen LogP contribution in [0.15, 0.2) is 0 Å². The number of fused-ring (bicyclic) bond motifs is 1. The third-order valence-electron chi connectivity index (χ3n) is 5.45. The molecule has 0 bridgehead atoms. The number of aromatic nitrogens is 2. The molecule has 3 aliphatic rings. The van der Waals surface area contributed by atoms with Gasteiger partial charge in [-0.15, -0.1) is 0 Å². The van der Waals surface area contributed by atoms with Gasteiger partial charge in [0.1, 0.15) is 11.3 Å². The first-order valence-corrected chi connectivity index (χ1v) is 8.98. The molecule has 1 spiro atoms.